The molecule has 0 saturated heterocycles. The van der Waals surface area contributed by atoms with Gasteiger partial charge in [-0.3, -0.25) is 4.79 Å². The maximum atomic E-state index is 13.4. The Hall–Kier alpha value is -2.56. The van der Waals surface area contributed by atoms with Crippen LogP contribution in [0.1, 0.15) is 77.7 Å². The number of ether oxygens (including phenoxy) is 2. The quantitative estimate of drug-likeness (QED) is 0.662. The number of rotatable bonds is 5. The van der Waals surface area contributed by atoms with Crippen molar-refractivity contribution < 1.29 is 19.1 Å². The van der Waals surface area contributed by atoms with Gasteiger partial charge in [0.05, 0.1) is 18.1 Å². The fraction of sp³-hybridized carbons (Fsp3) is 0.538. The van der Waals surface area contributed by atoms with Crippen LogP contribution in [-0.4, -0.2) is 24.5 Å². The Morgan fingerprint density at radius 2 is 1.87 bits per heavy atom. The van der Waals surface area contributed by atoms with Crippen molar-refractivity contribution >= 4 is 11.8 Å². The maximum absolute atomic E-state index is 13.4. The predicted octanol–water partition coefficient (Wildman–Crippen LogP) is 5.18. The summed E-state index contributed by atoms with van der Waals surface area (Å²) in [5.74, 6) is 0.00274. The van der Waals surface area contributed by atoms with Gasteiger partial charge in [0, 0.05) is 29.0 Å². The zero-order valence-electron chi connectivity index (χ0n) is 19.0. The Kier molecular flexibility index (Phi) is 5.96. The van der Waals surface area contributed by atoms with E-state index in [0.29, 0.717) is 29.9 Å². The van der Waals surface area contributed by atoms with E-state index < -0.39 is 5.92 Å². The van der Waals surface area contributed by atoms with Gasteiger partial charge in [-0.1, -0.05) is 32.0 Å². The summed E-state index contributed by atoms with van der Waals surface area (Å²) < 4.78 is 11.8. The van der Waals surface area contributed by atoms with Crippen molar-refractivity contribution in [1.29, 1.82) is 0 Å². The highest BCUT2D eigenvalue weighted by Crippen LogP contribution is 2.48. The van der Waals surface area contributed by atoms with E-state index in [1.165, 1.54) is 0 Å². The van der Waals surface area contributed by atoms with Crippen molar-refractivity contribution in [3.63, 3.8) is 0 Å². The molecular weight excluding hydrogens is 390 g/mol. The van der Waals surface area contributed by atoms with E-state index in [4.69, 9.17) is 9.47 Å². The molecule has 4 rings (SSSR count). The van der Waals surface area contributed by atoms with Crippen molar-refractivity contribution in [1.82, 2.24) is 5.32 Å². The van der Waals surface area contributed by atoms with Crippen LogP contribution in [0, 0.1) is 5.41 Å². The van der Waals surface area contributed by atoms with Crippen LogP contribution in [0.2, 0.25) is 0 Å². The van der Waals surface area contributed by atoms with E-state index in [-0.39, 0.29) is 23.3 Å². The van der Waals surface area contributed by atoms with Gasteiger partial charge < -0.3 is 14.8 Å². The summed E-state index contributed by atoms with van der Waals surface area (Å²) in [4.78, 5) is 26.8. The lowest BCUT2D eigenvalue weighted by molar-refractivity contribution is -0.144. The van der Waals surface area contributed by atoms with Crippen LogP contribution in [0.15, 0.2) is 46.8 Å². The van der Waals surface area contributed by atoms with E-state index in [2.05, 4.69) is 19.2 Å². The summed E-state index contributed by atoms with van der Waals surface area (Å²) in [6.07, 6.45) is 5.20. The number of ketones is 1. The molecule has 1 fully saturated rings. The third-order valence-electron chi connectivity index (χ3n) is 6.57. The van der Waals surface area contributed by atoms with Gasteiger partial charge in [0.25, 0.3) is 0 Å². The number of allylic oxidation sites excluding steroid dienone is 3. The van der Waals surface area contributed by atoms with E-state index in [0.717, 1.165) is 49.1 Å². The number of para-hydroxylation sites is 1. The molecule has 0 amide bonds. The molecule has 1 aliphatic heterocycles. The molecule has 5 heteroatoms. The summed E-state index contributed by atoms with van der Waals surface area (Å²) >= 11 is 0. The van der Waals surface area contributed by atoms with E-state index in [1.54, 1.807) is 0 Å². The van der Waals surface area contributed by atoms with Crippen LogP contribution in [-0.2, 0) is 14.3 Å². The lowest BCUT2D eigenvalue weighted by atomic mass is 9.68. The normalized spacial score (nSPS) is 23.5. The lowest BCUT2D eigenvalue weighted by Crippen LogP contribution is -2.39. The fourth-order valence-electron chi connectivity index (χ4n) is 5.24. The minimum atomic E-state index is -0.475. The van der Waals surface area contributed by atoms with Gasteiger partial charge in [0.1, 0.15) is 11.9 Å². The predicted molar refractivity (Wildman–Crippen MR) is 120 cm³/mol. The van der Waals surface area contributed by atoms with Gasteiger partial charge in [-0.05, 0) is 57.4 Å². The molecule has 1 saturated carbocycles. The minimum Gasteiger partial charge on any atom is -0.494 e. The first-order chi connectivity index (χ1) is 14.8. The molecule has 31 heavy (non-hydrogen) atoms. The first-order valence-corrected chi connectivity index (χ1v) is 11.5. The molecule has 0 spiro atoms. The number of nitrogens with one attached hydrogen (secondary N) is 1. The summed E-state index contributed by atoms with van der Waals surface area (Å²) in [7, 11) is 0. The average molecular weight is 424 g/mol. The Morgan fingerprint density at radius 1 is 1.16 bits per heavy atom. The molecule has 1 aromatic carbocycles. The molecular formula is C26H33NO4. The highest BCUT2D eigenvalue weighted by molar-refractivity contribution is 6.04. The van der Waals surface area contributed by atoms with Crippen LogP contribution in [0.5, 0.6) is 5.75 Å². The van der Waals surface area contributed by atoms with Crippen molar-refractivity contribution in [2.75, 3.05) is 6.61 Å². The Bertz CT molecular complexity index is 950. The molecule has 1 atom stereocenters. The van der Waals surface area contributed by atoms with Crippen LogP contribution in [0.4, 0.5) is 0 Å². The number of hydrogen-bond acceptors (Lipinski definition) is 5. The van der Waals surface area contributed by atoms with Crippen molar-refractivity contribution in [3.8, 4) is 5.75 Å². The molecule has 1 unspecified atom stereocenters. The van der Waals surface area contributed by atoms with Gasteiger partial charge in [-0.15, -0.1) is 0 Å². The topological polar surface area (TPSA) is 64.6 Å². The third kappa shape index (κ3) is 4.28. The number of carbonyl (C=O) groups excluding carboxylic acids is 2. The first kappa shape index (κ1) is 21.7. The average Bonchev–Trinajstić information content (AvgIpc) is 3.19. The Balaban J connectivity index is 1.82. The van der Waals surface area contributed by atoms with E-state index in [1.807, 2.05) is 38.1 Å². The third-order valence-corrected chi connectivity index (χ3v) is 6.57. The molecule has 2 aliphatic carbocycles. The zero-order chi connectivity index (χ0) is 22.2. The van der Waals surface area contributed by atoms with Gasteiger partial charge in [0.15, 0.2) is 5.78 Å². The highest BCUT2D eigenvalue weighted by Gasteiger charge is 2.44. The van der Waals surface area contributed by atoms with Crippen LogP contribution in [0.3, 0.4) is 0 Å². The second-order valence-corrected chi connectivity index (χ2v) is 9.71. The van der Waals surface area contributed by atoms with Crippen LogP contribution < -0.4 is 10.1 Å². The molecule has 0 aromatic heterocycles. The second kappa shape index (κ2) is 8.52. The molecule has 1 N–H and O–H groups in total. The molecule has 3 aliphatic rings. The maximum Gasteiger partial charge on any atom is 0.337 e. The SMILES string of the molecule is CCOc1ccccc1C1C(C(=O)OC2CCCC2)=C(C)NC2=C1C(=O)CC(C)(C)C2. The first-order valence-electron chi connectivity index (χ1n) is 11.5. The summed E-state index contributed by atoms with van der Waals surface area (Å²) in [5.41, 5.74) is 3.65. The molecule has 1 aromatic rings. The van der Waals surface area contributed by atoms with Crippen LogP contribution in [0.25, 0.3) is 0 Å². The van der Waals surface area contributed by atoms with Gasteiger partial charge >= 0.3 is 5.97 Å². The van der Waals surface area contributed by atoms with Crippen LogP contribution >= 0.6 is 0 Å². The Labute approximate surface area is 184 Å². The monoisotopic (exact) mass is 423 g/mol. The van der Waals surface area contributed by atoms with Gasteiger partial charge in [-0.2, -0.15) is 0 Å². The number of hydrogen-bond donors (Lipinski definition) is 1. The lowest BCUT2D eigenvalue weighted by Gasteiger charge is -2.39. The Morgan fingerprint density at radius 3 is 2.58 bits per heavy atom. The zero-order valence-corrected chi connectivity index (χ0v) is 19.0. The molecule has 0 bridgehead atoms. The molecule has 166 valence electrons. The van der Waals surface area contributed by atoms with Crippen molar-refractivity contribution in [3.05, 3.63) is 52.4 Å². The largest absolute Gasteiger partial charge is 0.494 e. The summed E-state index contributed by atoms with van der Waals surface area (Å²) in [6, 6.07) is 7.73. The molecule has 1 heterocycles. The minimum absolute atomic E-state index is 0.0352. The number of carbonyl (C=O) groups is 2. The highest BCUT2D eigenvalue weighted by atomic mass is 16.5. The van der Waals surface area contributed by atoms with Crippen molar-refractivity contribution in [2.45, 2.75) is 78.2 Å². The van der Waals surface area contributed by atoms with Gasteiger partial charge in [0.2, 0.25) is 0 Å². The van der Waals surface area contributed by atoms with Crippen molar-refractivity contribution in [2.24, 2.45) is 5.41 Å². The fourth-order valence-corrected chi connectivity index (χ4v) is 5.24. The number of benzene rings is 1. The number of dihydropyridines is 1. The van der Waals surface area contributed by atoms with Gasteiger partial charge in [-0.25, -0.2) is 4.79 Å². The molecule has 0 radical (unpaired) electrons. The van der Waals surface area contributed by atoms with E-state index >= 15 is 0 Å². The number of esters is 1. The number of Topliss-reactive ketones (excluding diaryl/α,β-unsaturated/α-hetero) is 1. The smallest absolute Gasteiger partial charge is 0.337 e. The van der Waals surface area contributed by atoms with E-state index in [9.17, 15) is 9.59 Å². The molecule has 5 nitrogen and oxygen atoms in total. The summed E-state index contributed by atoms with van der Waals surface area (Å²) in [6.45, 7) is 8.59. The standard InChI is InChI=1S/C26H33NO4/c1-5-30-21-13-9-8-12-18(21)23-22(25(29)31-17-10-6-7-11-17)16(2)27-19-14-26(3,4)15-20(28)24(19)23/h8-9,12-13,17,23,27H,5-7,10-11,14-15H2,1-4H3. The summed E-state index contributed by atoms with van der Waals surface area (Å²) in [5, 5.41) is 3.41. The second-order valence-electron chi connectivity index (χ2n) is 9.71.